The highest BCUT2D eigenvalue weighted by molar-refractivity contribution is 6.31. The summed E-state index contributed by atoms with van der Waals surface area (Å²) in [5.74, 6) is -0.348. The number of benzene rings is 1. The first-order valence-electron chi connectivity index (χ1n) is 4.59. The molecule has 0 saturated carbocycles. The zero-order chi connectivity index (χ0) is 10.8. The Bertz CT molecular complexity index is 408. The number of hydrogen-bond donors (Lipinski definition) is 1. The molecule has 0 aliphatic carbocycles. The topological polar surface area (TPSA) is 47.6 Å². The fourth-order valence-electron chi connectivity index (χ4n) is 1.43. The van der Waals surface area contributed by atoms with Gasteiger partial charge in [-0.3, -0.25) is 0 Å². The summed E-state index contributed by atoms with van der Waals surface area (Å²) in [6.07, 6.45) is 0.367. The highest BCUT2D eigenvalue weighted by atomic mass is 35.5. The van der Waals surface area contributed by atoms with Gasteiger partial charge in [-0.15, -0.1) is 0 Å². The molecular weight excluding hydrogens is 219 g/mol. The van der Waals surface area contributed by atoms with Crippen molar-refractivity contribution >= 4 is 17.3 Å². The maximum Gasteiger partial charge on any atom is 0.145 e. The summed E-state index contributed by atoms with van der Waals surface area (Å²) in [5.41, 5.74) is 6.37. The SMILES string of the molecule is NCC1CC(c2cc(Cl)ccc2F)=NO1. The predicted molar refractivity (Wildman–Crippen MR) is 56.5 cm³/mol. The summed E-state index contributed by atoms with van der Waals surface area (Å²) in [6.45, 7) is 0.370. The summed E-state index contributed by atoms with van der Waals surface area (Å²) < 4.78 is 13.4. The Morgan fingerprint density at radius 2 is 2.40 bits per heavy atom. The Balaban J connectivity index is 2.27. The summed E-state index contributed by atoms with van der Waals surface area (Å²) in [7, 11) is 0. The maximum atomic E-state index is 13.4. The minimum atomic E-state index is -0.348. The second-order valence-corrected chi connectivity index (χ2v) is 3.77. The molecule has 80 valence electrons. The predicted octanol–water partition coefficient (Wildman–Crippen LogP) is 1.93. The van der Waals surface area contributed by atoms with Crippen LogP contribution in [0.25, 0.3) is 0 Å². The monoisotopic (exact) mass is 228 g/mol. The first kappa shape index (κ1) is 10.4. The van der Waals surface area contributed by atoms with Gasteiger partial charge < -0.3 is 10.6 Å². The van der Waals surface area contributed by atoms with Crippen LogP contribution in [0.1, 0.15) is 12.0 Å². The molecule has 0 fully saturated rings. The average molecular weight is 229 g/mol. The minimum absolute atomic E-state index is 0.154. The van der Waals surface area contributed by atoms with Gasteiger partial charge in [0.15, 0.2) is 0 Å². The van der Waals surface area contributed by atoms with Crippen LogP contribution in [0, 0.1) is 5.82 Å². The summed E-state index contributed by atoms with van der Waals surface area (Å²) in [6, 6.07) is 4.35. The Labute approximate surface area is 91.7 Å². The van der Waals surface area contributed by atoms with E-state index in [1.54, 1.807) is 0 Å². The Hall–Kier alpha value is -1.13. The lowest BCUT2D eigenvalue weighted by atomic mass is 10.0. The largest absolute Gasteiger partial charge is 0.390 e. The number of oxime groups is 1. The standard InChI is InChI=1S/C10H10ClFN2O/c11-6-1-2-9(12)8(3-6)10-4-7(5-13)15-14-10/h1-3,7H,4-5,13H2. The lowest BCUT2D eigenvalue weighted by molar-refractivity contribution is 0.0918. The van der Waals surface area contributed by atoms with Crippen molar-refractivity contribution in [1.29, 1.82) is 0 Å². The van der Waals surface area contributed by atoms with E-state index in [9.17, 15) is 4.39 Å². The van der Waals surface area contributed by atoms with Crippen LogP contribution in [0.5, 0.6) is 0 Å². The average Bonchev–Trinajstić information content (AvgIpc) is 2.70. The number of halogens is 2. The van der Waals surface area contributed by atoms with Crippen molar-refractivity contribution in [2.75, 3.05) is 6.54 Å². The second-order valence-electron chi connectivity index (χ2n) is 3.33. The molecule has 0 aromatic heterocycles. The zero-order valence-electron chi connectivity index (χ0n) is 7.91. The third kappa shape index (κ3) is 2.11. The van der Waals surface area contributed by atoms with E-state index in [0.29, 0.717) is 29.3 Å². The summed E-state index contributed by atoms with van der Waals surface area (Å²) >= 11 is 5.78. The van der Waals surface area contributed by atoms with Crippen molar-refractivity contribution in [3.63, 3.8) is 0 Å². The van der Waals surface area contributed by atoms with E-state index in [1.807, 2.05) is 0 Å². The third-order valence-corrected chi connectivity index (χ3v) is 2.47. The van der Waals surface area contributed by atoms with Crippen molar-refractivity contribution in [1.82, 2.24) is 0 Å². The lowest BCUT2D eigenvalue weighted by Gasteiger charge is -2.03. The first-order chi connectivity index (χ1) is 7.20. The Kier molecular flexibility index (Phi) is 2.88. The van der Waals surface area contributed by atoms with Crippen molar-refractivity contribution in [3.8, 4) is 0 Å². The third-order valence-electron chi connectivity index (χ3n) is 2.24. The van der Waals surface area contributed by atoms with Crippen molar-refractivity contribution in [2.45, 2.75) is 12.5 Å². The first-order valence-corrected chi connectivity index (χ1v) is 4.96. The highest BCUT2D eigenvalue weighted by Gasteiger charge is 2.22. The van der Waals surface area contributed by atoms with Crippen LogP contribution in [-0.4, -0.2) is 18.4 Å². The van der Waals surface area contributed by atoms with Crippen molar-refractivity contribution in [3.05, 3.63) is 34.6 Å². The molecular formula is C10H10ClFN2O. The van der Waals surface area contributed by atoms with Gasteiger partial charge in [0.25, 0.3) is 0 Å². The van der Waals surface area contributed by atoms with Gasteiger partial charge in [-0.1, -0.05) is 16.8 Å². The Morgan fingerprint density at radius 1 is 1.60 bits per heavy atom. The molecule has 5 heteroatoms. The molecule has 0 spiro atoms. The van der Waals surface area contributed by atoms with Gasteiger partial charge in [-0.2, -0.15) is 0 Å². The fraction of sp³-hybridized carbons (Fsp3) is 0.300. The number of rotatable bonds is 2. The van der Waals surface area contributed by atoms with Crippen LogP contribution in [-0.2, 0) is 4.84 Å². The van der Waals surface area contributed by atoms with Gasteiger partial charge >= 0.3 is 0 Å². The molecule has 1 aliphatic rings. The van der Waals surface area contributed by atoms with Crippen molar-refractivity contribution in [2.24, 2.45) is 10.9 Å². The molecule has 1 unspecified atom stereocenters. The highest BCUT2D eigenvalue weighted by Crippen LogP contribution is 2.21. The zero-order valence-corrected chi connectivity index (χ0v) is 8.67. The second kappa shape index (κ2) is 4.16. The van der Waals surface area contributed by atoms with E-state index in [-0.39, 0.29) is 11.9 Å². The minimum Gasteiger partial charge on any atom is -0.390 e. The van der Waals surface area contributed by atoms with Crippen molar-refractivity contribution < 1.29 is 9.23 Å². The Morgan fingerprint density at radius 3 is 3.07 bits per heavy atom. The molecule has 1 atom stereocenters. The fourth-order valence-corrected chi connectivity index (χ4v) is 1.60. The van der Waals surface area contributed by atoms with E-state index in [0.717, 1.165) is 0 Å². The quantitative estimate of drug-likeness (QED) is 0.841. The summed E-state index contributed by atoms with van der Waals surface area (Å²) in [5, 5.41) is 4.28. The van der Waals surface area contributed by atoms with Crippen LogP contribution in [0.2, 0.25) is 5.02 Å². The molecule has 3 nitrogen and oxygen atoms in total. The molecule has 1 aromatic carbocycles. The molecule has 1 aromatic rings. The molecule has 1 aliphatic heterocycles. The van der Waals surface area contributed by atoms with E-state index in [1.165, 1.54) is 18.2 Å². The molecule has 0 radical (unpaired) electrons. The maximum absolute atomic E-state index is 13.4. The van der Waals surface area contributed by atoms with Gasteiger partial charge in [0.05, 0.1) is 5.71 Å². The molecule has 0 saturated heterocycles. The van der Waals surface area contributed by atoms with Gasteiger partial charge in [0.1, 0.15) is 11.9 Å². The molecule has 1 heterocycles. The molecule has 0 amide bonds. The van der Waals surface area contributed by atoms with Gasteiger partial charge in [0.2, 0.25) is 0 Å². The number of nitrogens with two attached hydrogens (primary N) is 1. The van der Waals surface area contributed by atoms with Gasteiger partial charge in [0, 0.05) is 23.6 Å². The van der Waals surface area contributed by atoms with Crippen LogP contribution in [0.3, 0.4) is 0 Å². The lowest BCUT2D eigenvalue weighted by Crippen LogP contribution is -2.20. The van der Waals surface area contributed by atoms with E-state index in [2.05, 4.69) is 5.16 Å². The van der Waals surface area contributed by atoms with E-state index < -0.39 is 0 Å². The number of hydrogen-bond acceptors (Lipinski definition) is 3. The van der Waals surface area contributed by atoms with Crippen LogP contribution in [0.15, 0.2) is 23.4 Å². The van der Waals surface area contributed by atoms with Gasteiger partial charge in [-0.05, 0) is 18.2 Å². The molecule has 2 rings (SSSR count). The van der Waals surface area contributed by atoms with E-state index in [4.69, 9.17) is 22.2 Å². The molecule has 15 heavy (non-hydrogen) atoms. The smallest absolute Gasteiger partial charge is 0.145 e. The molecule has 0 bridgehead atoms. The van der Waals surface area contributed by atoms with E-state index >= 15 is 0 Å². The normalized spacial score (nSPS) is 19.9. The summed E-state index contributed by atoms with van der Waals surface area (Å²) in [4.78, 5) is 5.02. The molecule has 2 N–H and O–H groups in total. The van der Waals surface area contributed by atoms with Crippen LogP contribution >= 0.6 is 11.6 Å². The number of nitrogens with zero attached hydrogens (tertiary/aromatic N) is 1. The van der Waals surface area contributed by atoms with Crippen LogP contribution in [0.4, 0.5) is 4.39 Å². The van der Waals surface area contributed by atoms with Gasteiger partial charge in [-0.25, -0.2) is 4.39 Å². The van der Waals surface area contributed by atoms with Crippen LogP contribution < -0.4 is 5.73 Å².